The number of methoxy groups -OCH3 is 1. The highest BCUT2D eigenvalue weighted by Crippen LogP contribution is 2.49. The van der Waals surface area contributed by atoms with Gasteiger partial charge in [-0.15, -0.1) is 0 Å². The third-order valence-corrected chi connectivity index (χ3v) is 5.88. The molecule has 0 atom stereocenters. The van der Waals surface area contributed by atoms with Gasteiger partial charge in [0, 0.05) is 17.3 Å². The number of rotatable bonds is 3. The van der Waals surface area contributed by atoms with E-state index in [2.05, 4.69) is 31.3 Å². The summed E-state index contributed by atoms with van der Waals surface area (Å²) in [5.74, 6) is 1.03. The number of benzene rings is 1. The standard InChI is InChI=1S/C19H29NO/c1-14-6-7-17(15(2)18(14)21-3)20-16-8-12-19(13-9-16)10-4-5-11-19/h6-7,16,20H,4-5,8-13H2,1-3H3. The van der Waals surface area contributed by atoms with Gasteiger partial charge in [0.25, 0.3) is 0 Å². The molecular formula is C19H29NO. The van der Waals surface area contributed by atoms with Crippen LogP contribution in [-0.2, 0) is 0 Å². The Morgan fingerprint density at radius 2 is 1.71 bits per heavy atom. The van der Waals surface area contributed by atoms with E-state index < -0.39 is 0 Å². The van der Waals surface area contributed by atoms with Gasteiger partial charge in [-0.05, 0) is 69.4 Å². The van der Waals surface area contributed by atoms with E-state index in [9.17, 15) is 0 Å². The highest BCUT2D eigenvalue weighted by Gasteiger charge is 2.37. The van der Waals surface area contributed by atoms with Gasteiger partial charge in [-0.3, -0.25) is 0 Å². The summed E-state index contributed by atoms with van der Waals surface area (Å²) in [6.07, 6.45) is 11.4. The average Bonchev–Trinajstić information content (AvgIpc) is 2.93. The molecule has 1 spiro atoms. The number of ether oxygens (including phenoxy) is 1. The zero-order chi connectivity index (χ0) is 14.9. The van der Waals surface area contributed by atoms with Crippen LogP contribution in [0.2, 0.25) is 0 Å². The third kappa shape index (κ3) is 2.90. The van der Waals surface area contributed by atoms with Crippen molar-refractivity contribution < 1.29 is 4.74 Å². The topological polar surface area (TPSA) is 21.3 Å². The number of hydrogen-bond acceptors (Lipinski definition) is 2. The monoisotopic (exact) mass is 287 g/mol. The lowest BCUT2D eigenvalue weighted by atomic mass is 9.71. The average molecular weight is 287 g/mol. The third-order valence-electron chi connectivity index (χ3n) is 5.88. The SMILES string of the molecule is COc1c(C)ccc(NC2CCC3(CCCC3)CC2)c1C. The normalized spacial score (nSPS) is 21.7. The minimum Gasteiger partial charge on any atom is -0.496 e. The Hall–Kier alpha value is -1.18. The number of nitrogens with one attached hydrogen (secondary N) is 1. The molecule has 2 nitrogen and oxygen atoms in total. The van der Waals surface area contributed by atoms with Crippen LogP contribution in [0.15, 0.2) is 12.1 Å². The molecule has 1 N–H and O–H groups in total. The molecule has 1 aromatic rings. The number of hydrogen-bond donors (Lipinski definition) is 1. The van der Waals surface area contributed by atoms with E-state index in [0.717, 1.165) is 11.2 Å². The van der Waals surface area contributed by atoms with Crippen molar-refractivity contribution in [2.45, 2.75) is 71.3 Å². The first kappa shape index (κ1) is 14.7. The number of aryl methyl sites for hydroxylation is 1. The molecule has 2 fully saturated rings. The van der Waals surface area contributed by atoms with E-state index in [1.54, 1.807) is 7.11 Å². The predicted molar refractivity (Wildman–Crippen MR) is 89.2 cm³/mol. The Balaban J connectivity index is 1.65. The maximum atomic E-state index is 5.54. The first-order valence-electron chi connectivity index (χ1n) is 8.54. The van der Waals surface area contributed by atoms with Gasteiger partial charge in [-0.2, -0.15) is 0 Å². The lowest BCUT2D eigenvalue weighted by molar-refractivity contribution is 0.188. The quantitative estimate of drug-likeness (QED) is 0.822. The molecule has 0 unspecified atom stereocenters. The summed E-state index contributed by atoms with van der Waals surface area (Å²) in [5.41, 5.74) is 4.44. The van der Waals surface area contributed by atoms with Gasteiger partial charge in [0.05, 0.1) is 7.11 Å². The molecule has 116 valence electrons. The van der Waals surface area contributed by atoms with Crippen molar-refractivity contribution in [1.29, 1.82) is 0 Å². The Kier molecular flexibility index (Phi) is 4.14. The van der Waals surface area contributed by atoms with Crippen LogP contribution < -0.4 is 10.1 Å². The highest BCUT2D eigenvalue weighted by molar-refractivity contribution is 5.60. The largest absolute Gasteiger partial charge is 0.496 e. The van der Waals surface area contributed by atoms with Gasteiger partial charge in [-0.1, -0.05) is 18.9 Å². The summed E-state index contributed by atoms with van der Waals surface area (Å²) in [7, 11) is 1.77. The van der Waals surface area contributed by atoms with Crippen molar-refractivity contribution in [3.8, 4) is 5.75 Å². The first-order valence-corrected chi connectivity index (χ1v) is 8.54. The second-order valence-electron chi connectivity index (χ2n) is 7.21. The Morgan fingerprint density at radius 3 is 2.33 bits per heavy atom. The summed E-state index contributed by atoms with van der Waals surface area (Å²) in [6, 6.07) is 5.02. The molecule has 1 aromatic carbocycles. The van der Waals surface area contributed by atoms with E-state index in [-0.39, 0.29) is 0 Å². The molecule has 0 saturated heterocycles. The fourth-order valence-corrected chi connectivity index (χ4v) is 4.52. The molecule has 0 amide bonds. The van der Waals surface area contributed by atoms with Gasteiger partial charge in [0.2, 0.25) is 0 Å². The summed E-state index contributed by atoms with van der Waals surface area (Å²) in [4.78, 5) is 0. The van der Waals surface area contributed by atoms with Crippen LogP contribution in [0.5, 0.6) is 5.75 Å². The van der Waals surface area contributed by atoms with Crippen LogP contribution in [0.3, 0.4) is 0 Å². The molecule has 0 bridgehead atoms. The van der Waals surface area contributed by atoms with Crippen molar-refractivity contribution in [3.63, 3.8) is 0 Å². The van der Waals surface area contributed by atoms with Crippen molar-refractivity contribution in [1.82, 2.24) is 0 Å². The zero-order valence-corrected chi connectivity index (χ0v) is 13.8. The minimum absolute atomic E-state index is 0.641. The molecule has 21 heavy (non-hydrogen) atoms. The Bertz CT molecular complexity index is 493. The summed E-state index contributed by atoms with van der Waals surface area (Å²) < 4.78 is 5.54. The molecule has 0 aromatic heterocycles. The first-order chi connectivity index (χ1) is 10.1. The van der Waals surface area contributed by atoms with E-state index >= 15 is 0 Å². The van der Waals surface area contributed by atoms with E-state index in [0.29, 0.717) is 6.04 Å². The number of anilines is 1. The molecule has 2 saturated carbocycles. The summed E-state index contributed by atoms with van der Waals surface area (Å²) in [6.45, 7) is 4.27. The molecule has 0 heterocycles. The fourth-order valence-electron chi connectivity index (χ4n) is 4.52. The minimum atomic E-state index is 0.641. The lowest BCUT2D eigenvalue weighted by Gasteiger charge is -2.38. The summed E-state index contributed by atoms with van der Waals surface area (Å²) >= 11 is 0. The van der Waals surface area contributed by atoms with E-state index in [4.69, 9.17) is 4.74 Å². The Labute approximate surface area is 129 Å². The molecule has 0 radical (unpaired) electrons. The molecule has 3 rings (SSSR count). The van der Waals surface area contributed by atoms with Gasteiger partial charge < -0.3 is 10.1 Å². The van der Waals surface area contributed by atoms with E-state index in [1.807, 2.05) is 0 Å². The maximum absolute atomic E-state index is 5.54. The van der Waals surface area contributed by atoms with Crippen molar-refractivity contribution in [3.05, 3.63) is 23.3 Å². The van der Waals surface area contributed by atoms with Crippen molar-refractivity contribution >= 4 is 5.69 Å². The van der Waals surface area contributed by atoms with Crippen LogP contribution in [-0.4, -0.2) is 13.2 Å². The second-order valence-corrected chi connectivity index (χ2v) is 7.21. The lowest BCUT2D eigenvalue weighted by Crippen LogP contribution is -2.31. The molecule has 0 aliphatic heterocycles. The van der Waals surface area contributed by atoms with Crippen LogP contribution in [0.25, 0.3) is 0 Å². The van der Waals surface area contributed by atoms with Crippen LogP contribution in [0, 0.1) is 19.3 Å². The smallest absolute Gasteiger partial charge is 0.126 e. The van der Waals surface area contributed by atoms with Crippen molar-refractivity contribution in [2.24, 2.45) is 5.41 Å². The fraction of sp³-hybridized carbons (Fsp3) is 0.684. The van der Waals surface area contributed by atoms with Gasteiger partial charge in [0.1, 0.15) is 5.75 Å². The molecular weight excluding hydrogens is 258 g/mol. The maximum Gasteiger partial charge on any atom is 0.126 e. The predicted octanol–water partition coefficient (Wildman–Crippen LogP) is 5.23. The second kappa shape index (κ2) is 5.90. The molecule has 2 aliphatic carbocycles. The Morgan fingerprint density at radius 1 is 1.05 bits per heavy atom. The van der Waals surface area contributed by atoms with Gasteiger partial charge in [0.15, 0.2) is 0 Å². The van der Waals surface area contributed by atoms with E-state index in [1.165, 1.54) is 68.2 Å². The molecule has 2 aliphatic rings. The molecule has 2 heteroatoms. The van der Waals surface area contributed by atoms with Crippen molar-refractivity contribution in [2.75, 3.05) is 12.4 Å². The van der Waals surface area contributed by atoms with Crippen LogP contribution in [0.1, 0.15) is 62.5 Å². The summed E-state index contributed by atoms with van der Waals surface area (Å²) in [5, 5.41) is 3.78. The van der Waals surface area contributed by atoms with Crippen LogP contribution in [0.4, 0.5) is 5.69 Å². The highest BCUT2D eigenvalue weighted by atomic mass is 16.5. The van der Waals surface area contributed by atoms with Crippen LogP contribution >= 0.6 is 0 Å². The zero-order valence-electron chi connectivity index (χ0n) is 13.8. The van der Waals surface area contributed by atoms with Gasteiger partial charge in [-0.25, -0.2) is 0 Å². The van der Waals surface area contributed by atoms with Gasteiger partial charge >= 0.3 is 0 Å².